The van der Waals surface area contributed by atoms with Crippen LogP contribution in [0.3, 0.4) is 0 Å². The number of ether oxygens (including phenoxy) is 1. The number of rotatable bonds is 7. The lowest BCUT2D eigenvalue weighted by molar-refractivity contribution is -0.384. The Labute approximate surface area is 114 Å². The van der Waals surface area contributed by atoms with Gasteiger partial charge in [0.25, 0.3) is 11.6 Å². The fraction of sp³-hybridized carbons (Fsp3) is 0.333. The second-order valence-electron chi connectivity index (χ2n) is 3.89. The Hall–Kier alpha value is -2.48. The van der Waals surface area contributed by atoms with E-state index in [1.54, 1.807) is 0 Å². The summed E-state index contributed by atoms with van der Waals surface area (Å²) in [6, 6.07) is 3.25. The average molecular weight is 282 g/mol. The fourth-order valence-corrected chi connectivity index (χ4v) is 1.42. The van der Waals surface area contributed by atoms with Crippen LogP contribution >= 0.6 is 0 Å². The fourth-order valence-electron chi connectivity index (χ4n) is 1.42. The normalized spacial score (nSPS) is 10.1. The Morgan fingerprint density at radius 3 is 2.70 bits per heavy atom. The van der Waals surface area contributed by atoms with Crippen LogP contribution in [0.5, 0.6) is 0 Å². The van der Waals surface area contributed by atoms with E-state index in [0.717, 1.165) is 12.5 Å². The molecular formula is C12H14N2O6. The van der Waals surface area contributed by atoms with Gasteiger partial charge in [0, 0.05) is 12.7 Å². The Balaban J connectivity index is 2.86. The van der Waals surface area contributed by atoms with Crippen molar-refractivity contribution in [2.24, 2.45) is 0 Å². The van der Waals surface area contributed by atoms with Crippen LogP contribution in [0.25, 0.3) is 0 Å². The van der Waals surface area contributed by atoms with Gasteiger partial charge in [-0.25, -0.2) is 4.79 Å². The van der Waals surface area contributed by atoms with E-state index in [0.29, 0.717) is 6.61 Å². The van der Waals surface area contributed by atoms with Gasteiger partial charge in [0.05, 0.1) is 10.5 Å². The highest BCUT2D eigenvalue weighted by Gasteiger charge is 2.18. The van der Waals surface area contributed by atoms with Crippen LogP contribution in [-0.4, -0.2) is 35.1 Å². The highest BCUT2D eigenvalue weighted by Crippen LogP contribution is 2.25. The summed E-state index contributed by atoms with van der Waals surface area (Å²) in [6.07, 6.45) is 0.751. The number of aromatic carboxylic acids is 1. The Bertz CT molecular complexity index is 529. The Morgan fingerprint density at radius 2 is 2.15 bits per heavy atom. The minimum Gasteiger partial charge on any atom is -0.478 e. The molecule has 0 aliphatic carbocycles. The lowest BCUT2D eigenvalue weighted by atomic mass is 10.1. The van der Waals surface area contributed by atoms with Crippen molar-refractivity contribution < 1.29 is 24.4 Å². The molecule has 0 unspecified atom stereocenters. The highest BCUT2D eigenvalue weighted by molar-refractivity contribution is 5.96. The van der Waals surface area contributed by atoms with Crippen molar-refractivity contribution in [3.05, 3.63) is 33.9 Å². The number of hydrogen-bond acceptors (Lipinski definition) is 5. The molecule has 0 atom stereocenters. The maximum absolute atomic E-state index is 11.5. The van der Waals surface area contributed by atoms with Gasteiger partial charge >= 0.3 is 5.97 Å². The van der Waals surface area contributed by atoms with Crippen molar-refractivity contribution in [2.75, 3.05) is 18.5 Å². The number of nitro benzene ring substituents is 1. The maximum atomic E-state index is 11.5. The molecule has 8 heteroatoms. The first-order valence-corrected chi connectivity index (χ1v) is 5.85. The van der Waals surface area contributed by atoms with Crippen molar-refractivity contribution in [1.29, 1.82) is 0 Å². The molecule has 1 amide bonds. The lowest BCUT2D eigenvalue weighted by Gasteiger charge is -2.07. The molecule has 0 spiro atoms. The molecule has 1 aromatic rings. The lowest BCUT2D eigenvalue weighted by Crippen LogP contribution is -2.19. The summed E-state index contributed by atoms with van der Waals surface area (Å²) in [4.78, 5) is 32.4. The van der Waals surface area contributed by atoms with Gasteiger partial charge in [-0.3, -0.25) is 14.9 Å². The number of nitro groups is 1. The van der Waals surface area contributed by atoms with E-state index in [1.807, 2.05) is 6.92 Å². The Morgan fingerprint density at radius 1 is 1.45 bits per heavy atom. The molecule has 1 rings (SSSR count). The predicted octanol–water partition coefficient (Wildman–Crippen LogP) is 1.66. The first-order chi connectivity index (χ1) is 9.45. The van der Waals surface area contributed by atoms with Crippen molar-refractivity contribution in [3.63, 3.8) is 0 Å². The molecule has 0 aromatic heterocycles. The molecule has 2 N–H and O–H groups in total. The number of amides is 1. The number of benzene rings is 1. The van der Waals surface area contributed by atoms with E-state index in [-0.39, 0.29) is 17.9 Å². The van der Waals surface area contributed by atoms with Gasteiger partial charge in [-0.15, -0.1) is 0 Å². The van der Waals surface area contributed by atoms with E-state index in [2.05, 4.69) is 5.32 Å². The molecule has 0 saturated heterocycles. The quantitative estimate of drug-likeness (QED) is 0.446. The molecular weight excluding hydrogens is 268 g/mol. The highest BCUT2D eigenvalue weighted by atomic mass is 16.6. The van der Waals surface area contributed by atoms with Crippen molar-refractivity contribution in [3.8, 4) is 0 Å². The zero-order valence-electron chi connectivity index (χ0n) is 10.8. The number of carbonyl (C=O) groups excluding carboxylic acids is 1. The summed E-state index contributed by atoms with van der Waals surface area (Å²) in [5.74, 6) is -1.82. The van der Waals surface area contributed by atoms with Crippen molar-refractivity contribution >= 4 is 23.3 Å². The summed E-state index contributed by atoms with van der Waals surface area (Å²) in [6.45, 7) is 2.08. The topological polar surface area (TPSA) is 119 Å². The van der Waals surface area contributed by atoms with E-state index < -0.39 is 22.5 Å². The molecule has 1 aromatic carbocycles. The van der Waals surface area contributed by atoms with Gasteiger partial charge in [0.15, 0.2) is 0 Å². The molecule has 0 fully saturated rings. The van der Waals surface area contributed by atoms with Crippen LogP contribution in [0, 0.1) is 10.1 Å². The van der Waals surface area contributed by atoms with Crippen LogP contribution in [0.2, 0.25) is 0 Å². The van der Waals surface area contributed by atoms with Gasteiger partial charge < -0.3 is 15.2 Å². The molecule has 0 heterocycles. The Kier molecular flexibility index (Phi) is 5.60. The summed E-state index contributed by atoms with van der Waals surface area (Å²) >= 11 is 0. The van der Waals surface area contributed by atoms with Gasteiger partial charge in [-0.1, -0.05) is 6.92 Å². The molecule has 8 nitrogen and oxygen atoms in total. The van der Waals surface area contributed by atoms with E-state index in [4.69, 9.17) is 9.84 Å². The van der Waals surface area contributed by atoms with E-state index in [9.17, 15) is 19.7 Å². The summed E-state index contributed by atoms with van der Waals surface area (Å²) in [7, 11) is 0. The average Bonchev–Trinajstić information content (AvgIpc) is 2.38. The molecule has 0 saturated carbocycles. The van der Waals surface area contributed by atoms with Crippen molar-refractivity contribution in [1.82, 2.24) is 0 Å². The number of anilines is 1. The molecule has 20 heavy (non-hydrogen) atoms. The minimum absolute atomic E-state index is 0.0647. The van der Waals surface area contributed by atoms with Gasteiger partial charge in [-0.05, 0) is 18.6 Å². The second-order valence-corrected chi connectivity index (χ2v) is 3.89. The predicted molar refractivity (Wildman–Crippen MR) is 69.8 cm³/mol. The zero-order chi connectivity index (χ0) is 15.1. The monoisotopic (exact) mass is 282 g/mol. The van der Waals surface area contributed by atoms with Crippen molar-refractivity contribution in [2.45, 2.75) is 13.3 Å². The van der Waals surface area contributed by atoms with Gasteiger partial charge in [0.2, 0.25) is 0 Å². The largest absolute Gasteiger partial charge is 0.478 e. The number of nitrogens with one attached hydrogen (secondary N) is 1. The number of carboxylic acids is 1. The standard InChI is InChI=1S/C12H14N2O6/c1-2-5-20-7-11(15)13-9-4-3-8(12(16)17)6-10(9)14(18)19/h3-4,6H,2,5,7H2,1H3,(H,13,15)(H,16,17). The summed E-state index contributed by atoms with van der Waals surface area (Å²) in [5, 5.41) is 22.0. The first-order valence-electron chi connectivity index (χ1n) is 5.85. The third-order valence-electron chi connectivity index (χ3n) is 2.30. The van der Waals surface area contributed by atoms with Crippen LogP contribution in [0.4, 0.5) is 11.4 Å². The minimum atomic E-state index is -1.28. The number of hydrogen-bond donors (Lipinski definition) is 2. The molecule has 0 aliphatic heterocycles. The third-order valence-corrected chi connectivity index (χ3v) is 2.30. The van der Waals surface area contributed by atoms with E-state index >= 15 is 0 Å². The number of carbonyl (C=O) groups is 2. The second kappa shape index (κ2) is 7.19. The zero-order valence-corrected chi connectivity index (χ0v) is 10.8. The number of nitrogens with zero attached hydrogens (tertiary/aromatic N) is 1. The van der Waals surface area contributed by atoms with Crippen LogP contribution < -0.4 is 5.32 Å². The summed E-state index contributed by atoms with van der Waals surface area (Å²) < 4.78 is 5.00. The van der Waals surface area contributed by atoms with Crippen LogP contribution in [0.1, 0.15) is 23.7 Å². The van der Waals surface area contributed by atoms with Gasteiger partial charge in [0.1, 0.15) is 12.3 Å². The molecule has 108 valence electrons. The van der Waals surface area contributed by atoms with Gasteiger partial charge in [-0.2, -0.15) is 0 Å². The maximum Gasteiger partial charge on any atom is 0.335 e. The van der Waals surface area contributed by atoms with E-state index in [1.165, 1.54) is 12.1 Å². The van der Waals surface area contributed by atoms with Crippen LogP contribution in [0.15, 0.2) is 18.2 Å². The summed E-state index contributed by atoms with van der Waals surface area (Å²) in [5.41, 5.74) is -0.768. The molecule has 0 aliphatic rings. The van der Waals surface area contributed by atoms with Crippen LogP contribution in [-0.2, 0) is 9.53 Å². The smallest absolute Gasteiger partial charge is 0.335 e. The third kappa shape index (κ3) is 4.32. The molecule has 0 bridgehead atoms. The SMILES string of the molecule is CCCOCC(=O)Nc1ccc(C(=O)O)cc1[N+](=O)[O-]. The molecule has 0 radical (unpaired) electrons. The number of carboxylic acid groups (broad SMARTS) is 1. The first kappa shape index (κ1) is 15.6.